The topological polar surface area (TPSA) is 54.9 Å². The van der Waals surface area contributed by atoms with Crippen molar-refractivity contribution < 1.29 is 14.3 Å². The molecule has 0 spiro atoms. The minimum Gasteiger partial charge on any atom is -0.497 e. The van der Waals surface area contributed by atoms with Crippen molar-refractivity contribution in [2.45, 2.75) is 33.1 Å². The molecule has 0 radical (unpaired) electrons. The van der Waals surface area contributed by atoms with Crippen LogP contribution in [0, 0.1) is 5.92 Å². The maximum absolute atomic E-state index is 12.9. The molecule has 0 unspecified atom stereocenters. The smallest absolute Gasteiger partial charge is 0.231 e. The molecule has 1 fully saturated rings. The van der Waals surface area contributed by atoms with Crippen LogP contribution in [0.1, 0.15) is 33.1 Å². The summed E-state index contributed by atoms with van der Waals surface area (Å²) < 4.78 is 10.9. The van der Waals surface area contributed by atoms with Crippen molar-refractivity contribution >= 4 is 22.4 Å². The van der Waals surface area contributed by atoms with Crippen LogP contribution in [0.2, 0.25) is 0 Å². The van der Waals surface area contributed by atoms with Gasteiger partial charge < -0.3 is 14.4 Å². The van der Waals surface area contributed by atoms with Gasteiger partial charge in [-0.2, -0.15) is 0 Å². The van der Waals surface area contributed by atoms with E-state index in [-0.39, 0.29) is 11.8 Å². The average molecular weight is 418 g/mol. The maximum Gasteiger partial charge on any atom is 0.231 e. The first-order valence-electron chi connectivity index (χ1n) is 10.3. The number of benzene rings is 1. The lowest BCUT2D eigenvalue weighted by molar-refractivity contribution is -0.119. The molecule has 1 amide bonds. The van der Waals surface area contributed by atoms with Crippen molar-refractivity contribution in [2.24, 2.45) is 5.92 Å². The van der Waals surface area contributed by atoms with E-state index in [0.717, 1.165) is 66.8 Å². The molecular formula is C22H31N3O3S. The van der Waals surface area contributed by atoms with Gasteiger partial charge in [-0.05, 0) is 57.1 Å². The van der Waals surface area contributed by atoms with Crippen molar-refractivity contribution in [1.29, 1.82) is 0 Å². The van der Waals surface area contributed by atoms with E-state index < -0.39 is 0 Å². The molecule has 7 heteroatoms. The van der Waals surface area contributed by atoms with E-state index in [1.54, 1.807) is 14.2 Å². The summed E-state index contributed by atoms with van der Waals surface area (Å²) in [6.45, 7) is 8.10. The molecule has 1 aromatic heterocycles. The molecule has 0 aliphatic heterocycles. The second-order valence-electron chi connectivity index (χ2n) is 7.23. The number of hydrogen-bond donors (Lipinski definition) is 0. The zero-order valence-corrected chi connectivity index (χ0v) is 18.6. The van der Waals surface area contributed by atoms with Crippen LogP contribution < -0.4 is 14.4 Å². The first-order valence-corrected chi connectivity index (χ1v) is 11.2. The number of methoxy groups -OCH3 is 2. The number of anilines is 1. The number of amides is 1. The lowest BCUT2D eigenvalue weighted by Gasteiger charge is -2.23. The van der Waals surface area contributed by atoms with Crippen LogP contribution in [-0.2, 0) is 4.79 Å². The fourth-order valence-electron chi connectivity index (χ4n) is 3.37. The van der Waals surface area contributed by atoms with Gasteiger partial charge in [0.25, 0.3) is 0 Å². The van der Waals surface area contributed by atoms with E-state index in [9.17, 15) is 4.79 Å². The van der Waals surface area contributed by atoms with Crippen LogP contribution >= 0.6 is 11.3 Å². The molecule has 1 aliphatic carbocycles. The number of carbonyl (C=O) groups excluding carboxylic acids is 1. The summed E-state index contributed by atoms with van der Waals surface area (Å²) in [5.74, 6) is 1.87. The Kier molecular flexibility index (Phi) is 7.50. The maximum atomic E-state index is 12.9. The van der Waals surface area contributed by atoms with Crippen LogP contribution in [0.4, 0.5) is 5.13 Å². The molecule has 29 heavy (non-hydrogen) atoms. The fraction of sp³-hybridized carbons (Fsp3) is 0.545. The summed E-state index contributed by atoms with van der Waals surface area (Å²) in [6.07, 6.45) is 2.93. The molecule has 158 valence electrons. The Bertz CT molecular complexity index is 815. The molecular weight excluding hydrogens is 386 g/mol. The summed E-state index contributed by atoms with van der Waals surface area (Å²) in [5, 5.41) is 2.76. The second kappa shape index (κ2) is 10.1. The first kappa shape index (κ1) is 21.6. The Morgan fingerprint density at radius 1 is 1.17 bits per heavy atom. The predicted molar refractivity (Wildman–Crippen MR) is 118 cm³/mol. The van der Waals surface area contributed by atoms with E-state index >= 15 is 0 Å². The number of rotatable bonds is 11. The molecule has 0 saturated heterocycles. The number of nitrogens with zero attached hydrogens (tertiary/aromatic N) is 3. The number of thiazole rings is 1. The summed E-state index contributed by atoms with van der Waals surface area (Å²) in [7, 11) is 3.29. The lowest BCUT2D eigenvalue weighted by atomic mass is 10.1. The van der Waals surface area contributed by atoms with Gasteiger partial charge in [0, 0.05) is 23.4 Å². The van der Waals surface area contributed by atoms with Gasteiger partial charge in [0.1, 0.15) is 11.5 Å². The zero-order chi connectivity index (χ0) is 20.8. The molecule has 1 aliphatic rings. The Labute approximate surface area is 177 Å². The largest absolute Gasteiger partial charge is 0.497 e. The number of aromatic nitrogens is 1. The van der Waals surface area contributed by atoms with Gasteiger partial charge in [0.2, 0.25) is 5.91 Å². The Morgan fingerprint density at radius 2 is 1.93 bits per heavy atom. The van der Waals surface area contributed by atoms with Crippen molar-refractivity contribution in [2.75, 3.05) is 45.3 Å². The summed E-state index contributed by atoms with van der Waals surface area (Å²) in [6, 6.07) is 5.67. The molecule has 0 bridgehead atoms. The van der Waals surface area contributed by atoms with Crippen LogP contribution in [0.5, 0.6) is 11.5 Å². The number of hydrogen-bond acceptors (Lipinski definition) is 6. The monoisotopic (exact) mass is 417 g/mol. The highest BCUT2D eigenvalue weighted by atomic mass is 32.1. The summed E-state index contributed by atoms with van der Waals surface area (Å²) in [5.41, 5.74) is 1.68. The third-order valence-electron chi connectivity index (χ3n) is 5.35. The minimum absolute atomic E-state index is 0.169. The third kappa shape index (κ3) is 5.28. The number of ether oxygens (including phenoxy) is 2. The summed E-state index contributed by atoms with van der Waals surface area (Å²) in [4.78, 5) is 22.0. The van der Waals surface area contributed by atoms with Crippen LogP contribution in [-0.4, -0.2) is 56.2 Å². The molecule has 3 rings (SSSR count). The van der Waals surface area contributed by atoms with Crippen LogP contribution in [0.15, 0.2) is 23.6 Å². The van der Waals surface area contributed by atoms with Crippen LogP contribution in [0.25, 0.3) is 11.3 Å². The molecule has 1 saturated carbocycles. The molecule has 1 aromatic carbocycles. The summed E-state index contributed by atoms with van der Waals surface area (Å²) >= 11 is 1.51. The van der Waals surface area contributed by atoms with Gasteiger partial charge in [-0.25, -0.2) is 4.98 Å². The molecule has 6 nitrogen and oxygen atoms in total. The standard InChI is InChI=1S/C22H31N3O3S/c1-5-24(6-2)12-7-13-25(21(26)16-8-9-16)22-23-19(15-29-22)18-14-17(27-3)10-11-20(18)28-4/h10-11,14-16H,5-9,12-13H2,1-4H3. The molecule has 0 N–H and O–H groups in total. The normalized spacial score (nSPS) is 13.6. The Morgan fingerprint density at radius 3 is 2.55 bits per heavy atom. The molecule has 1 heterocycles. The Balaban J connectivity index is 1.81. The number of carbonyl (C=O) groups is 1. The quantitative estimate of drug-likeness (QED) is 0.546. The molecule has 2 aromatic rings. The SMILES string of the molecule is CCN(CC)CCCN(C(=O)C1CC1)c1nc(-c2cc(OC)ccc2OC)cs1. The fourth-order valence-corrected chi connectivity index (χ4v) is 4.23. The van der Waals surface area contributed by atoms with Gasteiger partial charge in [-0.15, -0.1) is 11.3 Å². The van der Waals surface area contributed by atoms with Crippen molar-refractivity contribution in [1.82, 2.24) is 9.88 Å². The highest BCUT2D eigenvalue weighted by Gasteiger charge is 2.35. The average Bonchev–Trinajstić information content (AvgIpc) is 3.50. The lowest BCUT2D eigenvalue weighted by Crippen LogP contribution is -2.35. The highest BCUT2D eigenvalue weighted by Crippen LogP contribution is 2.38. The molecule has 0 atom stereocenters. The van der Waals surface area contributed by atoms with E-state index in [1.165, 1.54) is 11.3 Å². The Hall–Kier alpha value is -2.12. The van der Waals surface area contributed by atoms with Crippen LogP contribution in [0.3, 0.4) is 0 Å². The van der Waals surface area contributed by atoms with Gasteiger partial charge in [0.15, 0.2) is 5.13 Å². The van der Waals surface area contributed by atoms with E-state index in [1.807, 2.05) is 28.5 Å². The highest BCUT2D eigenvalue weighted by molar-refractivity contribution is 7.14. The predicted octanol–water partition coefficient (Wildman–Crippen LogP) is 4.30. The van der Waals surface area contributed by atoms with E-state index in [0.29, 0.717) is 6.54 Å². The van der Waals surface area contributed by atoms with Crippen molar-refractivity contribution in [3.8, 4) is 22.8 Å². The van der Waals surface area contributed by atoms with Gasteiger partial charge >= 0.3 is 0 Å². The van der Waals surface area contributed by atoms with Gasteiger partial charge in [-0.1, -0.05) is 13.8 Å². The van der Waals surface area contributed by atoms with Gasteiger partial charge in [0.05, 0.1) is 19.9 Å². The zero-order valence-electron chi connectivity index (χ0n) is 17.8. The van der Waals surface area contributed by atoms with E-state index in [2.05, 4.69) is 18.7 Å². The van der Waals surface area contributed by atoms with Gasteiger partial charge in [-0.3, -0.25) is 9.69 Å². The minimum atomic E-state index is 0.169. The second-order valence-corrected chi connectivity index (χ2v) is 8.06. The van der Waals surface area contributed by atoms with E-state index in [4.69, 9.17) is 14.5 Å². The van der Waals surface area contributed by atoms with Crippen molar-refractivity contribution in [3.63, 3.8) is 0 Å². The third-order valence-corrected chi connectivity index (χ3v) is 6.21. The first-order chi connectivity index (χ1) is 14.1. The van der Waals surface area contributed by atoms with Crippen molar-refractivity contribution in [3.05, 3.63) is 23.6 Å².